The summed E-state index contributed by atoms with van der Waals surface area (Å²) in [7, 11) is 0. The first kappa shape index (κ1) is 12.1. The smallest absolute Gasteiger partial charge is 0.140 e. The van der Waals surface area contributed by atoms with Crippen molar-refractivity contribution in [2.45, 2.75) is 13.5 Å². The van der Waals surface area contributed by atoms with Crippen molar-refractivity contribution in [1.29, 1.82) is 0 Å². The third-order valence-corrected chi connectivity index (χ3v) is 2.53. The molecule has 18 heavy (non-hydrogen) atoms. The maximum absolute atomic E-state index is 5.66. The second-order valence-corrected chi connectivity index (χ2v) is 3.97. The van der Waals surface area contributed by atoms with Crippen molar-refractivity contribution >= 4 is 0 Å². The molecule has 0 spiro atoms. The van der Waals surface area contributed by atoms with Gasteiger partial charge in [0.25, 0.3) is 0 Å². The van der Waals surface area contributed by atoms with Crippen LogP contribution in [-0.2, 0) is 6.61 Å². The fourth-order valence-corrected chi connectivity index (χ4v) is 1.52. The van der Waals surface area contributed by atoms with Crippen LogP contribution < -0.4 is 9.47 Å². The first-order valence-corrected chi connectivity index (χ1v) is 5.69. The normalized spacial score (nSPS) is 9.56. The predicted octanol–water partition coefficient (Wildman–Crippen LogP) is 3.54. The van der Waals surface area contributed by atoms with Gasteiger partial charge in [0, 0.05) is 0 Å². The Morgan fingerprint density at radius 3 is 2.17 bits per heavy atom. The highest BCUT2D eigenvalue weighted by molar-refractivity contribution is 5.32. The Balaban J connectivity index is 1.94. The Kier molecular flexibility index (Phi) is 3.88. The fraction of sp³-hybridized carbons (Fsp3) is 0.125. The minimum absolute atomic E-state index is 0.551. The molecular formula is C16H14O2. The van der Waals surface area contributed by atoms with E-state index in [0.717, 1.165) is 11.3 Å². The molecule has 0 atom stereocenters. The van der Waals surface area contributed by atoms with Gasteiger partial charge < -0.3 is 9.47 Å². The minimum atomic E-state index is 0.551. The Morgan fingerprint density at radius 1 is 0.944 bits per heavy atom. The van der Waals surface area contributed by atoms with Gasteiger partial charge in [0.2, 0.25) is 0 Å². The monoisotopic (exact) mass is 238 g/mol. The zero-order valence-corrected chi connectivity index (χ0v) is 10.2. The van der Waals surface area contributed by atoms with Gasteiger partial charge in [-0.15, -0.1) is 0 Å². The van der Waals surface area contributed by atoms with Gasteiger partial charge in [0.15, 0.2) is 0 Å². The lowest BCUT2D eigenvalue weighted by Gasteiger charge is -2.07. The minimum Gasteiger partial charge on any atom is -0.489 e. The van der Waals surface area contributed by atoms with Crippen molar-refractivity contribution in [1.82, 2.24) is 0 Å². The first-order chi connectivity index (χ1) is 8.78. The maximum atomic E-state index is 5.66. The number of ether oxygens (including phenoxy) is 2. The summed E-state index contributed by atoms with van der Waals surface area (Å²) in [4.78, 5) is 0. The van der Waals surface area contributed by atoms with Crippen LogP contribution in [0.5, 0.6) is 11.5 Å². The summed E-state index contributed by atoms with van der Waals surface area (Å²) in [6.45, 7) is 2.62. The zero-order valence-electron chi connectivity index (χ0n) is 10.2. The van der Waals surface area contributed by atoms with E-state index in [9.17, 15) is 0 Å². The van der Waals surface area contributed by atoms with Crippen LogP contribution in [0, 0.1) is 19.5 Å². The molecule has 0 aliphatic heterocycles. The summed E-state index contributed by atoms with van der Waals surface area (Å²) in [5.41, 5.74) is 2.39. The largest absolute Gasteiger partial charge is 0.489 e. The average molecular weight is 238 g/mol. The lowest BCUT2D eigenvalue weighted by Crippen LogP contribution is -1.95. The summed E-state index contributed by atoms with van der Waals surface area (Å²) >= 11 is 0. The topological polar surface area (TPSA) is 18.5 Å². The quantitative estimate of drug-likeness (QED) is 0.758. The molecule has 0 unspecified atom stereocenters. The summed E-state index contributed by atoms with van der Waals surface area (Å²) in [6.07, 6.45) is 7.17. The molecule has 2 rings (SSSR count). The van der Waals surface area contributed by atoms with Crippen molar-refractivity contribution in [2.24, 2.45) is 0 Å². The van der Waals surface area contributed by atoms with E-state index in [1.807, 2.05) is 12.1 Å². The Hall–Kier alpha value is -2.40. The van der Waals surface area contributed by atoms with Crippen LogP contribution in [-0.4, -0.2) is 0 Å². The molecule has 0 aromatic heterocycles. The Morgan fingerprint density at radius 2 is 1.56 bits per heavy atom. The lowest BCUT2D eigenvalue weighted by atomic mass is 10.2. The van der Waals surface area contributed by atoms with Gasteiger partial charge in [-0.05, 0) is 36.8 Å². The molecule has 0 fully saturated rings. The highest BCUT2D eigenvalue weighted by atomic mass is 16.5. The second kappa shape index (κ2) is 5.79. The van der Waals surface area contributed by atoms with Gasteiger partial charge in [-0.25, -0.2) is 0 Å². The summed E-state index contributed by atoms with van der Waals surface area (Å²) in [5.74, 6) is 1.43. The standard InChI is InChI=1S/C16H14O2/c1-3-17-15-8-10-16(11-9-15)18-12-14-6-4-13(2)5-7-14/h1,4-11H,12H2,2H3. The van der Waals surface area contributed by atoms with E-state index < -0.39 is 0 Å². The molecule has 0 N–H and O–H groups in total. The number of aryl methyl sites for hydroxylation is 1. The van der Waals surface area contributed by atoms with Crippen LogP contribution in [0.3, 0.4) is 0 Å². The lowest BCUT2D eigenvalue weighted by molar-refractivity contribution is 0.306. The van der Waals surface area contributed by atoms with Gasteiger partial charge in [0.05, 0.1) is 0 Å². The van der Waals surface area contributed by atoms with Crippen LogP contribution in [0.25, 0.3) is 0 Å². The van der Waals surface area contributed by atoms with Crippen molar-refractivity contribution in [2.75, 3.05) is 0 Å². The maximum Gasteiger partial charge on any atom is 0.140 e. The van der Waals surface area contributed by atoms with Crippen molar-refractivity contribution in [3.63, 3.8) is 0 Å². The SMILES string of the molecule is C#COc1ccc(OCc2ccc(C)cc2)cc1. The molecule has 0 aliphatic carbocycles. The molecule has 0 aliphatic rings. The fourth-order valence-electron chi connectivity index (χ4n) is 1.52. The molecule has 2 heteroatoms. The molecule has 0 radical (unpaired) electrons. The van der Waals surface area contributed by atoms with E-state index >= 15 is 0 Å². The zero-order chi connectivity index (χ0) is 12.8. The highest BCUT2D eigenvalue weighted by Crippen LogP contribution is 2.18. The highest BCUT2D eigenvalue weighted by Gasteiger charge is 1.97. The van der Waals surface area contributed by atoms with E-state index in [2.05, 4.69) is 37.3 Å². The van der Waals surface area contributed by atoms with Gasteiger partial charge in [-0.2, -0.15) is 0 Å². The number of hydrogen-bond acceptors (Lipinski definition) is 2. The summed E-state index contributed by atoms with van der Waals surface area (Å²) in [5, 5.41) is 0. The van der Waals surface area contributed by atoms with E-state index in [1.165, 1.54) is 5.56 Å². The van der Waals surface area contributed by atoms with Crippen molar-refractivity contribution in [3.8, 4) is 24.0 Å². The Bertz CT molecular complexity index is 533. The van der Waals surface area contributed by atoms with E-state index in [4.69, 9.17) is 15.9 Å². The molecule has 0 saturated heterocycles. The van der Waals surface area contributed by atoms with Crippen LogP contribution in [0.4, 0.5) is 0 Å². The van der Waals surface area contributed by atoms with Crippen LogP contribution >= 0.6 is 0 Å². The van der Waals surface area contributed by atoms with Gasteiger partial charge in [-0.3, -0.25) is 0 Å². The third-order valence-electron chi connectivity index (χ3n) is 2.53. The molecule has 2 nitrogen and oxygen atoms in total. The van der Waals surface area contributed by atoms with E-state index in [0.29, 0.717) is 12.4 Å². The van der Waals surface area contributed by atoms with E-state index in [-0.39, 0.29) is 0 Å². The molecule has 2 aromatic carbocycles. The second-order valence-electron chi connectivity index (χ2n) is 3.97. The summed E-state index contributed by atoms with van der Waals surface area (Å²) in [6, 6.07) is 15.5. The van der Waals surface area contributed by atoms with Gasteiger partial charge >= 0.3 is 0 Å². The van der Waals surface area contributed by atoms with Crippen LogP contribution in [0.15, 0.2) is 48.5 Å². The molecule has 90 valence electrons. The van der Waals surface area contributed by atoms with Gasteiger partial charge in [0.1, 0.15) is 24.2 Å². The van der Waals surface area contributed by atoms with Crippen molar-refractivity contribution in [3.05, 3.63) is 59.7 Å². The number of hydrogen-bond donors (Lipinski definition) is 0. The van der Waals surface area contributed by atoms with E-state index in [1.54, 1.807) is 12.1 Å². The molecule has 0 saturated carbocycles. The molecule has 0 bridgehead atoms. The van der Waals surface area contributed by atoms with Crippen LogP contribution in [0.2, 0.25) is 0 Å². The number of rotatable bonds is 4. The first-order valence-electron chi connectivity index (χ1n) is 5.69. The molecule has 0 amide bonds. The van der Waals surface area contributed by atoms with Crippen molar-refractivity contribution < 1.29 is 9.47 Å². The Labute approximate surface area is 107 Å². The molecule has 2 aromatic rings. The molecule has 0 heterocycles. The average Bonchev–Trinajstić information content (AvgIpc) is 2.40. The third kappa shape index (κ3) is 3.29. The summed E-state index contributed by atoms with van der Waals surface area (Å²) < 4.78 is 10.6. The van der Waals surface area contributed by atoms with Crippen LogP contribution in [0.1, 0.15) is 11.1 Å². The number of benzene rings is 2. The number of terminal acetylenes is 1. The van der Waals surface area contributed by atoms with Gasteiger partial charge in [-0.1, -0.05) is 36.3 Å². The predicted molar refractivity (Wildman–Crippen MR) is 71.4 cm³/mol. The molecular weight excluding hydrogens is 224 g/mol.